The molecule has 0 spiro atoms. The van der Waals surface area contributed by atoms with Gasteiger partial charge >= 0.3 is 0 Å². The molecule has 8 aromatic rings. The minimum Gasteiger partial charge on any atom is -0.491 e. The molecule has 3 aromatic heterocycles. The van der Waals surface area contributed by atoms with Crippen molar-refractivity contribution in [1.29, 1.82) is 0 Å². The van der Waals surface area contributed by atoms with Gasteiger partial charge in [-0.1, -0.05) is 130 Å². The van der Waals surface area contributed by atoms with E-state index >= 15 is 0 Å². The molecule has 0 amide bonds. The van der Waals surface area contributed by atoms with Gasteiger partial charge in [0.05, 0.1) is 5.58 Å². The van der Waals surface area contributed by atoms with Gasteiger partial charge in [0.1, 0.15) is 5.58 Å². The van der Waals surface area contributed by atoms with Crippen LogP contribution in [0, 0.1) is 31.8 Å². The largest absolute Gasteiger partial charge is 0.491 e. The molecule has 0 N–H and O–H groups in total. The maximum Gasteiger partial charge on any atom is 0.123 e. The van der Waals surface area contributed by atoms with Crippen LogP contribution in [-0.4, -0.2) is 9.97 Å². The Morgan fingerprint density at radius 1 is 0.804 bits per heavy atom. The number of furan rings is 1. The molecule has 0 atom stereocenters. The van der Waals surface area contributed by atoms with E-state index in [0.29, 0.717) is 11.3 Å². The number of hydrogen-bond acceptors (Lipinski definition) is 3. The molecule has 257 valence electrons. The SMILES string of the molecule is CC(C)(c1ccccc1)c1ccnc(-c2[c-]c3ccccc3c3c2oc2ccccc23)c1.[2H]C([2H])([2H])c1c[c-]c(-c2cc(C([2H])([2H])C(C)C)c(C([2H])([2H])[2H])cn2)cc1.[Ir]. The van der Waals surface area contributed by atoms with Crippen LogP contribution in [0.2, 0.25) is 0 Å². The van der Waals surface area contributed by atoms with Crippen molar-refractivity contribution in [2.45, 2.75) is 53.2 Å². The molecule has 3 nitrogen and oxygen atoms in total. The van der Waals surface area contributed by atoms with Crippen molar-refractivity contribution >= 4 is 32.7 Å². The zero-order valence-corrected chi connectivity index (χ0v) is 31.2. The van der Waals surface area contributed by atoms with Crippen LogP contribution in [0.15, 0.2) is 132 Å². The van der Waals surface area contributed by atoms with Gasteiger partial charge in [-0.2, -0.15) is 0 Å². The van der Waals surface area contributed by atoms with Crippen LogP contribution in [0.4, 0.5) is 0 Å². The average molecular weight is 851 g/mol. The molecule has 0 saturated heterocycles. The zero-order valence-electron chi connectivity index (χ0n) is 36.8. The number of rotatable bonds is 6. The summed E-state index contributed by atoms with van der Waals surface area (Å²) >= 11 is 0. The molecule has 8 rings (SSSR count). The molecule has 0 unspecified atom stereocenters. The first kappa shape index (κ1) is 26.9. The molecule has 1 radical (unpaired) electrons. The molecule has 5 aromatic carbocycles. The summed E-state index contributed by atoms with van der Waals surface area (Å²) in [4.78, 5) is 8.89. The molecule has 3 heterocycles. The number of aryl methyl sites for hydroxylation is 2. The Labute approximate surface area is 326 Å². The third-order valence-electron chi connectivity index (χ3n) is 8.95. The summed E-state index contributed by atoms with van der Waals surface area (Å²) in [6.45, 7) is 3.14. The van der Waals surface area contributed by atoms with Crippen molar-refractivity contribution in [2.75, 3.05) is 0 Å². The van der Waals surface area contributed by atoms with Crippen molar-refractivity contribution in [2.24, 2.45) is 5.92 Å². The summed E-state index contributed by atoms with van der Waals surface area (Å²) in [5.74, 6) is -0.444. The molecule has 4 heteroatoms. The van der Waals surface area contributed by atoms with E-state index in [-0.39, 0.29) is 42.2 Å². The minimum absolute atomic E-state index is 0. The maximum atomic E-state index is 8.32. The van der Waals surface area contributed by atoms with E-state index < -0.39 is 26.0 Å². The Morgan fingerprint density at radius 3 is 2.31 bits per heavy atom. The fourth-order valence-electron chi connectivity index (χ4n) is 6.27. The average Bonchev–Trinajstić information content (AvgIpc) is 3.60. The standard InChI is InChI=1S/C30H22NO.C17H20N.Ir/c1-30(2,21-11-4-3-5-12-21)22-16-17-31-26(19-22)25-18-20-10-6-7-13-23(20)28-24-14-8-9-15-27(24)32-29(25)28;1-12(2)9-16-10-17(18-11-14(16)4)15-7-5-13(3)6-8-15;/h3-17,19H,1-2H3;5-7,10-12H,9H2,1-4H3;/q2*-1;/i;3D3,4D3,9D2;. The fraction of sp³-hybridized carbons (Fsp3) is 0.191. The second-order valence-electron chi connectivity index (χ2n) is 13.2. The summed E-state index contributed by atoms with van der Waals surface area (Å²) in [5, 5.41) is 4.46. The molecule has 0 fully saturated rings. The predicted molar refractivity (Wildman–Crippen MR) is 208 cm³/mol. The second-order valence-corrected chi connectivity index (χ2v) is 13.2. The van der Waals surface area contributed by atoms with Crippen LogP contribution in [0.5, 0.6) is 0 Å². The van der Waals surface area contributed by atoms with E-state index in [1.165, 1.54) is 41.6 Å². The van der Waals surface area contributed by atoms with Gasteiger partial charge in [-0.3, -0.25) is 4.98 Å². The number of nitrogens with zero attached hydrogens (tertiary/aromatic N) is 2. The van der Waals surface area contributed by atoms with Crippen LogP contribution in [-0.2, 0) is 31.9 Å². The number of para-hydroxylation sites is 1. The molecule has 0 bridgehead atoms. The first-order valence-electron chi connectivity index (χ1n) is 20.7. The molecular weight excluding hydrogens is 801 g/mol. The second kappa shape index (κ2) is 15.2. The first-order chi connectivity index (χ1) is 27.4. The van der Waals surface area contributed by atoms with Crippen LogP contribution in [0.1, 0.15) is 66.5 Å². The molecule has 0 aliphatic carbocycles. The number of pyridine rings is 2. The van der Waals surface area contributed by atoms with Gasteiger partial charge in [-0.25, -0.2) is 0 Å². The minimum atomic E-state index is -2.49. The van der Waals surface area contributed by atoms with Gasteiger partial charge in [-0.15, -0.1) is 52.9 Å². The molecule has 0 aliphatic heterocycles. The van der Waals surface area contributed by atoms with E-state index in [4.69, 9.17) is 20.4 Å². The zero-order chi connectivity index (χ0) is 41.6. The molecule has 0 aliphatic rings. The summed E-state index contributed by atoms with van der Waals surface area (Å²) in [6.07, 6.45) is 1.20. The van der Waals surface area contributed by atoms with Crippen LogP contribution in [0.3, 0.4) is 0 Å². The van der Waals surface area contributed by atoms with Crippen molar-refractivity contribution in [3.05, 3.63) is 168 Å². The van der Waals surface area contributed by atoms with Crippen molar-refractivity contribution < 1.29 is 35.5 Å². The van der Waals surface area contributed by atoms with E-state index in [1.54, 1.807) is 13.8 Å². The smallest absolute Gasteiger partial charge is 0.123 e. The Morgan fingerprint density at radius 2 is 1.57 bits per heavy atom. The number of benzene rings is 5. The van der Waals surface area contributed by atoms with Crippen LogP contribution in [0.25, 0.3) is 55.2 Å². The summed E-state index contributed by atoms with van der Waals surface area (Å²) in [7, 11) is 0. The normalized spacial score (nSPS) is 14.5. The Balaban J connectivity index is 0.000000200. The van der Waals surface area contributed by atoms with E-state index in [1.807, 2.05) is 18.3 Å². The predicted octanol–water partition coefficient (Wildman–Crippen LogP) is 12.3. The van der Waals surface area contributed by atoms with E-state index in [0.717, 1.165) is 44.0 Å². The molecule has 0 saturated carbocycles. The van der Waals surface area contributed by atoms with Crippen molar-refractivity contribution in [1.82, 2.24) is 9.97 Å². The monoisotopic (exact) mass is 851 g/mol. The number of hydrogen-bond donors (Lipinski definition) is 0. The molecular formula is C47H42IrN2O-2. The first-order valence-corrected chi connectivity index (χ1v) is 16.7. The third-order valence-corrected chi connectivity index (χ3v) is 8.95. The Hall–Kier alpha value is -4.89. The summed E-state index contributed by atoms with van der Waals surface area (Å²) in [6, 6.07) is 43.7. The van der Waals surface area contributed by atoms with E-state index in [9.17, 15) is 0 Å². The number of aromatic nitrogens is 2. The van der Waals surface area contributed by atoms with Gasteiger partial charge in [-0.05, 0) is 59.0 Å². The van der Waals surface area contributed by atoms with Crippen LogP contribution >= 0.6 is 0 Å². The topological polar surface area (TPSA) is 38.9 Å². The van der Waals surface area contributed by atoms with Crippen LogP contribution < -0.4 is 0 Å². The molecule has 51 heavy (non-hydrogen) atoms. The quantitative estimate of drug-likeness (QED) is 0.156. The Bertz CT molecular complexity index is 2740. The Kier molecular flexibility index (Phi) is 7.98. The van der Waals surface area contributed by atoms with Crippen molar-refractivity contribution in [3.8, 4) is 22.5 Å². The number of fused-ring (bicyclic) bond motifs is 5. The summed E-state index contributed by atoms with van der Waals surface area (Å²) in [5.41, 5.74) is 6.72. The summed E-state index contributed by atoms with van der Waals surface area (Å²) < 4.78 is 68.2. The van der Waals surface area contributed by atoms with Gasteiger partial charge in [0, 0.05) is 60.0 Å². The maximum absolute atomic E-state index is 8.32. The fourth-order valence-corrected chi connectivity index (χ4v) is 6.27. The van der Waals surface area contributed by atoms with Crippen molar-refractivity contribution in [3.63, 3.8) is 0 Å². The van der Waals surface area contributed by atoms with Gasteiger partial charge < -0.3 is 9.40 Å². The van der Waals surface area contributed by atoms with Gasteiger partial charge in [0.15, 0.2) is 0 Å². The van der Waals surface area contributed by atoms with Gasteiger partial charge in [0.2, 0.25) is 0 Å². The van der Waals surface area contributed by atoms with Gasteiger partial charge in [0.25, 0.3) is 0 Å². The van der Waals surface area contributed by atoms with E-state index in [2.05, 4.69) is 110 Å². The third kappa shape index (κ3) is 7.45.